The maximum absolute atomic E-state index is 12.5. The topological polar surface area (TPSA) is 131 Å². The number of nitrogens with zero attached hydrogens (tertiary/aromatic N) is 2. The Hall–Kier alpha value is -3.53. The second-order valence-electron chi connectivity index (χ2n) is 11.1. The minimum absolute atomic E-state index is 0.0159. The minimum atomic E-state index is -0.721. The molecule has 0 bridgehead atoms. The van der Waals surface area contributed by atoms with E-state index < -0.39 is 12.1 Å². The number of ether oxygens (including phenoxy) is 1. The number of aryl methyl sites for hydroxylation is 1. The average Bonchev–Trinajstić information content (AvgIpc) is 3.37. The summed E-state index contributed by atoms with van der Waals surface area (Å²) in [5.41, 5.74) is 3.98. The van der Waals surface area contributed by atoms with Gasteiger partial charge in [0.2, 0.25) is 5.91 Å². The first kappa shape index (κ1) is 31.4. The van der Waals surface area contributed by atoms with E-state index in [0.29, 0.717) is 17.2 Å². The second-order valence-corrected chi connectivity index (χ2v) is 12.1. The summed E-state index contributed by atoms with van der Waals surface area (Å²) in [6.07, 6.45) is 15.2. The molecule has 0 atom stereocenters. The van der Waals surface area contributed by atoms with E-state index in [0.717, 1.165) is 104 Å². The van der Waals surface area contributed by atoms with Gasteiger partial charge in [-0.3, -0.25) is 19.9 Å². The summed E-state index contributed by atoms with van der Waals surface area (Å²) < 4.78 is 6.57. The van der Waals surface area contributed by atoms with Crippen LogP contribution in [0.4, 0.5) is 15.6 Å². The van der Waals surface area contributed by atoms with E-state index in [1.165, 1.54) is 17.8 Å². The van der Waals surface area contributed by atoms with Crippen molar-refractivity contribution >= 4 is 50.3 Å². The van der Waals surface area contributed by atoms with Gasteiger partial charge >= 0.3 is 12.1 Å². The Balaban J connectivity index is 1.23. The van der Waals surface area contributed by atoms with Crippen molar-refractivity contribution in [3.05, 3.63) is 36.2 Å². The number of carboxylic acids is 1. The van der Waals surface area contributed by atoms with E-state index in [-0.39, 0.29) is 18.4 Å². The molecule has 0 saturated heterocycles. The maximum Gasteiger partial charge on any atom is 0.411 e. The van der Waals surface area contributed by atoms with Gasteiger partial charge in [-0.2, -0.15) is 0 Å². The van der Waals surface area contributed by atoms with Gasteiger partial charge in [-0.15, -0.1) is 0 Å². The van der Waals surface area contributed by atoms with Crippen LogP contribution in [0, 0.1) is 6.92 Å². The van der Waals surface area contributed by atoms with Crippen LogP contribution in [0.25, 0.3) is 21.3 Å². The van der Waals surface area contributed by atoms with Gasteiger partial charge in [0.1, 0.15) is 6.10 Å². The van der Waals surface area contributed by atoms with Gasteiger partial charge in [-0.05, 0) is 69.2 Å². The Kier molecular flexibility index (Phi) is 12.1. The molecule has 1 aliphatic rings. The zero-order valence-corrected chi connectivity index (χ0v) is 25.3. The van der Waals surface area contributed by atoms with Crippen molar-refractivity contribution in [2.75, 3.05) is 10.6 Å². The lowest BCUT2D eigenvalue weighted by Crippen LogP contribution is -2.24. The van der Waals surface area contributed by atoms with Crippen LogP contribution in [0.3, 0.4) is 0 Å². The van der Waals surface area contributed by atoms with Crippen molar-refractivity contribution in [2.24, 2.45) is 0 Å². The number of nitrogens with one attached hydrogen (secondary N) is 2. The molecule has 0 unspecified atom stereocenters. The largest absolute Gasteiger partial charge is 0.481 e. The zero-order valence-electron chi connectivity index (χ0n) is 24.5. The summed E-state index contributed by atoms with van der Waals surface area (Å²) in [6, 6.07) is 7.84. The number of amides is 2. The summed E-state index contributed by atoms with van der Waals surface area (Å²) in [5, 5.41) is 15.1. The molecule has 10 heteroatoms. The van der Waals surface area contributed by atoms with Crippen molar-refractivity contribution in [1.82, 2.24) is 9.97 Å². The SMILES string of the molecule is Cc1ncc(-c2ccc3nc(NC(=O)CCCCCCCCCCC(=O)O)sc3c2)cc1NC(=O)OC1CCCCC1. The number of fused-ring (bicyclic) bond motifs is 1. The third-order valence-corrected chi connectivity index (χ3v) is 8.60. The molecule has 1 fully saturated rings. The quantitative estimate of drug-likeness (QED) is 0.150. The van der Waals surface area contributed by atoms with Crippen LogP contribution in [-0.2, 0) is 14.3 Å². The summed E-state index contributed by atoms with van der Waals surface area (Å²) in [7, 11) is 0. The summed E-state index contributed by atoms with van der Waals surface area (Å²) in [6.45, 7) is 1.86. The van der Waals surface area contributed by atoms with E-state index in [4.69, 9.17) is 9.84 Å². The molecule has 9 nitrogen and oxygen atoms in total. The molecule has 42 heavy (non-hydrogen) atoms. The fourth-order valence-electron chi connectivity index (χ4n) is 5.25. The van der Waals surface area contributed by atoms with Gasteiger partial charge in [0.05, 0.1) is 21.6 Å². The lowest BCUT2D eigenvalue weighted by atomic mass is 9.98. The molecule has 2 amide bonds. The fraction of sp³-hybridized carbons (Fsp3) is 0.531. The third kappa shape index (κ3) is 10.1. The number of carbonyl (C=O) groups excluding carboxylic acids is 2. The molecule has 1 aliphatic carbocycles. The number of hydrogen-bond donors (Lipinski definition) is 3. The Bertz CT molecular complexity index is 1350. The number of hydrogen-bond acceptors (Lipinski definition) is 7. The smallest absolute Gasteiger partial charge is 0.411 e. The Morgan fingerprint density at radius 2 is 1.60 bits per heavy atom. The van der Waals surface area contributed by atoms with E-state index in [9.17, 15) is 14.4 Å². The monoisotopic (exact) mass is 594 g/mol. The molecule has 3 N–H and O–H groups in total. The molecular weight excluding hydrogens is 552 g/mol. The highest BCUT2D eigenvalue weighted by Crippen LogP contribution is 2.32. The molecule has 1 aromatic carbocycles. The molecule has 226 valence electrons. The predicted octanol–water partition coefficient (Wildman–Crippen LogP) is 8.47. The first-order chi connectivity index (χ1) is 20.4. The van der Waals surface area contributed by atoms with Crippen LogP contribution in [-0.4, -0.2) is 39.1 Å². The minimum Gasteiger partial charge on any atom is -0.481 e. The Labute approximate surface area is 251 Å². The van der Waals surface area contributed by atoms with Crippen molar-refractivity contribution in [1.29, 1.82) is 0 Å². The van der Waals surface area contributed by atoms with E-state index in [1.807, 2.05) is 31.2 Å². The second kappa shape index (κ2) is 16.2. The first-order valence-corrected chi connectivity index (χ1v) is 16.1. The molecule has 0 radical (unpaired) electrons. The number of carboxylic acid groups (broad SMARTS) is 1. The van der Waals surface area contributed by atoms with Crippen LogP contribution in [0.5, 0.6) is 0 Å². The normalized spacial score (nSPS) is 13.6. The van der Waals surface area contributed by atoms with Gasteiger partial charge in [0.15, 0.2) is 5.13 Å². The van der Waals surface area contributed by atoms with Gasteiger partial charge in [0.25, 0.3) is 0 Å². The summed E-state index contributed by atoms with van der Waals surface area (Å²) in [5.74, 6) is -0.748. The van der Waals surface area contributed by atoms with Crippen LogP contribution in [0.2, 0.25) is 0 Å². The van der Waals surface area contributed by atoms with Crippen LogP contribution in [0.15, 0.2) is 30.5 Å². The molecule has 2 heterocycles. The van der Waals surface area contributed by atoms with Crippen molar-refractivity contribution in [2.45, 2.75) is 109 Å². The number of benzene rings is 1. The number of rotatable bonds is 15. The molecular formula is C32H42N4O5S. The van der Waals surface area contributed by atoms with Gasteiger partial charge in [-0.1, -0.05) is 62.3 Å². The highest BCUT2D eigenvalue weighted by atomic mass is 32.1. The Morgan fingerprint density at radius 3 is 2.31 bits per heavy atom. The molecule has 0 spiro atoms. The van der Waals surface area contributed by atoms with E-state index in [2.05, 4.69) is 20.6 Å². The average molecular weight is 595 g/mol. The number of thiazole rings is 1. The highest BCUT2D eigenvalue weighted by molar-refractivity contribution is 7.22. The van der Waals surface area contributed by atoms with E-state index in [1.54, 1.807) is 6.20 Å². The number of aliphatic carboxylic acids is 1. The standard InChI is InChI=1S/C32H42N4O5S/c1-22-27(35-32(40)41-25-13-9-8-10-14-25)19-24(21-33-22)23-17-18-26-28(20-23)42-31(34-26)36-29(37)15-11-6-4-2-3-5-7-12-16-30(38)39/h17-21,25H,2-16H2,1H3,(H,35,40)(H,38,39)(H,34,36,37). The third-order valence-electron chi connectivity index (χ3n) is 7.66. The molecule has 3 aromatic rings. The number of pyridine rings is 1. The van der Waals surface area contributed by atoms with Crippen LogP contribution < -0.4 is 10.6 Å². The van der Waals surface area contributed by atoms with Gasteiger partial charge < -0.3 is 15.2 Å². The summed E-state index contributed by atoms with van der Waals surface area (Å²) in [4.78, 5) is 44.6. The van der Waals surface area contributed by atoms with E-state index >= 15 is 0 Å². The van der Waals surface area contributed by atoms with Crippen molar-refractivity contribution in [3.8, 4) is 11.1 Å². The van der Waals surface area contributed by atoms with Crippen LogP contribution in [0.1, 0.15) is 102 Å². The fourth-order valence-corrected chi connectivity index (χ4v) is 6.17. The number of carbonyl (C=O) groups is 3. The molecule has 4 rings (SSSR count). The van der Waals surface area contributed by atoms with Crippen LogP contribution >= 0.6 is 11.3 Å². The van der Waals surface area contributed by atoms with Gasteiger partial charge in [0, 0.05) is 24.6 Å². The Morgan fingerprint density at radius 1 is 0.905 bits per heavy atom. The van der Waals surface area contributed by atoms with Crippen molar-refractivity contribution in [3.63, 3.8) is 0 Å². The zero-order chi connectivity index (χ0) is 29.7. The lowest BCUT2D eigenvalue weighted by molar-refractivity contribution is -0.137. The lowest BCUT2D eigenvalue weighted by Gasteiger charge is -2.22. The van der Waals surface area contributed by atoms with Gasteiger partial charge in [-0.25, -0.2) is 9.78 Å². The maximum atomic E-state index is 12.5. The summed E-state index contributed by atoms with van der Waals surface area (Å²) >= 11 is 1.44. The number of unbranched alkanes of at least 4 members (excludes halogenated alkanes) is 7. The first-order valence-electron chi connectivity index (χ1n) is 15.2. The number of anilines is 2. The molecule has 0 aliphatic heterocycles. The molecule has 2 aromatic heterocycles. The highest BCUT2D eigenvalue weighted by Gasteiger charge is 2.18. The molecule has 1 saturated carbocycles. The number of aromatic nitrogens is 2. The predicted molar refractivity (Wildman–Crippen MR) is 167 cm³/mol. The van der Waals surface area contributed by atoms with Crippen molar-refractivity contribution < 1.29 is 24.2 Å².